The molecule has 10 aromatic rings. The number of rotatable bonds is 3. The van der Waals surface area contributed by atoms with Gasteiger partial charge in [0.1, 0.15) is 0 Å². The van der Waals surface area contributed by atoms with E-state index in [4.69, 9.17) is 0 Å². The lowest BCUT2D eigenvalue weighted by molar-refractivity contribution is 0.794. The minimum Gasteiger partial charge on any atom is -0.317 e. The average Bonchev–Trinajstić information content (AvgIpc) is 3.97. The zero-order valence-electron chi connectivity index (χ0n) is 28.9. The van der Waals surface area contributed by atoms with Crippen molar-refractivity contribution < 1.29 is 0 Å². The summed E-state index contributed by atoms with van der Waals surface area (Å²) in [6, 6.07) is 69.6. The zero-order valence-corrected chi connectivity index (χ0v) is 28.9. The van der Waals surface area contributed by atoms with Crippen LogP contribution in [0.1, 0.15) is 22.3 Å². The van der Waals surface area contributed by atoms with Crippen LogP contribution < -0.4 is 0 Å². The van der Waals surface area contributed by atoms with Gasteiger partial charge >= 0.3 is 0 Å². The van der Waals surface area contributed by atoms with Gasteiger partial charge in [-0.3, -0.25) is 0 Å². The Labute approximate surface area is 307 Å². The van der Waals surface area contributed by atoms with E-state index < -0.39 is 0 Å². The Morgan fingerprint density at radius 1 is 0.340 bits per heavy atom. The average molecular weight is 673 g/mol. The van der Waals surface area contributed by atoms with Gasteiger partial charge in [-0.1, -0.05) is 133 Å². The quantitative estimate of drug-likeness (QED) is 0.177. The first kappa shape index (κ1) is 28.8. The van der Waals surface area contributed by atoms with E-state index in [9.17, 15) is 0 Å². The molecule has 2 heteroatoms. The minimum absolute atomic E-state index is 0.344. The Balaban J connectivity index is 1.02. The van der Waals surface area contributed by atoms with Crippen molar-refractivity contribution in [1.82, 2.24) is 9.13 Å². The van der Waals surface area contributed by atoms with Gasteiger partial charge in [-0.2, -0.15) is 0 Å². The first-order valence-electron chi connectivity index (χ1n) is 18.4. The topological polar surface area (TPSA) is 9.86 Å². The van der Waals surface area contributed by atoms with Gasteiger partial charge in [-0.05, 0) is 110 Å². The van der Waals surface area contributed by atoms with Crippen LogP contribution >= 0.6 is 0 Å². The van der Waals surface area contributed by atoms with E-state index >= 15 is 0 Å². The summed E-state index contributed by atoms with van der Waals surface area (Å²) < 4.78 is 4.71. The molecule has 0 bridgehead atoms. The number of fused-ring (bicyclic) bond motifs is 15. The summed E-state index contributed by atoms with van der Waals surface area (Å²) in [7, 11) is 0. The van der Waals surface area contributed by atoms with Crippen molar-refractivity contribution in [3.05, 3.63) is 217 Å². The first-order valence-corrected chi connectivity index (χ1v) is 18.4. The molecule has 0 saturated heterocycles. The van der Waals surface area contributed by atoms with E-state index in [2.05, 4.69) is 203 Å². The predicted molar refractivity (Wildman–Crippen MR) is 219 cm³/mol. The maximum absolute atomic E-state index is 2.47. The smallest absolute Gasteiger partial charge is 0.0725 e. The summed E-state index contributed by atoms with van der Waals surface area (Å²) in [6.07, 6.45) is 2.20. The zero-order chi connectivity index (χ0) is 34.7. The van der Waals surface area contributed by atoms with Crippen LogP contribution in [0.3, 0.4) is 0 Å². The number of hydrogen-bond donors (Lipinski definition) is 0. The second kappa shape index (κ2) is 10.6. The molecule has 0 radical (unpaired) electrons. The molecule has 0 saturated carbocycles. The molecule has 0 amide bonds. The van der Waals surface area contributed by atoms with Crippen molar-refractivity contribution in [2.75, 3.05) is 0 Å². The molecule has 2 aliphatic carbocycles. The molecule has 0 atom stereocenters. The van der Waals surface area contributed by atoms with Gasteiger partial charge in [0.15, 0.2) is 0 Å². The van der Waals surface area contributed by atoms with Gasteiger partial charge in [-0.15, -0.1) is 0 Å². The molecule has 0 unspecified atom stereocenters. The molecular formula is C51H32N2. The van der Waals surface area contributed by atoms with E-state index in [0.717, 1.165) is 5.69 Å². The lowest BCUT2D eigenvalue weighted by Gasteiger charge is -2.30. The monoisotopic (exact) mass is 672 g/mol. The van der Waals surface area contributed by atoms with E-state index in [0.29, 0.717) is 0 Å². The van der Waals surface area contributed by atoms with Crippen molar-refractivity contribution >= 4 is 32.7 Å². The van der Waals surface area contributed by atoms with E-state index in [1.165, 1.54) is 94.0 Å². The summed E-state index contributed by atoms with van der Waals surface area (Å²) >= 11 is 0. The Kier molecular flexibility index (Phi) is 5.73. The van der Waals surface area contributed by atoms with Crippen LogP contribution in [0, 0.1) is 0 Å². The molecule has 0 N–H and O–H groups in total. The largest absolute Gasteiger partial charge is 0.317 e. The van der Waals surface area contributed by atoms with Gasteiger partial charge in [0.2, 0.25) is 0 Å². The second-order valence-electron chi connectivity index (χ2n) is 14.5. The third kappa shape index (κ3) is 3.72. The van der Waals surface area contributed by atoms with Crippen LogP contribution in [-0.2, 0) is 5.41 Å². The highest BCUT2D eigenvalue weighted by Gasteiger charge is 2.51. The highest BCUT2D eigenvalue weighted by molar-refractivity contribution is 6.21. The molecule has 53 heavy (non-hydrogen) atoms. The molecule has 246 valence electrons. The number of aromatic nitrogens is 2. The van der Waals surface area contributed by atoms with Gasteiger partial charge in [0, 0.05) is 33.7 Å². The van der Waals surface area contributed by atoms with Crippen LogP contribution in [-0.4, -0.2) is 9.13 Å². The summed E-state index contributed by atoms with van der Waals surface area (Å²) in [6.45, 7) is 0. The number of hydrogen-bond acceptors (Lipinski definition) is 0. The molecule has 0 fully saturated rings. The Morgan fingerprint density at radius 2 is 0.887 bits per heavy atom. The van der Waals surface area contributed by atoms with Crippen LogP contribution in [0.2, 0.25) is 0 Å². The summed E-state index contributed by atoms with van der Waals surface area (Å²) in [5.41, 5.74) is 18.9. The van der Waals surface area contributed by atoms with Gasteiger partial charge in [-0.25, -0.2) is 0 Å². The van der Waals surface area contributed by atoms with Gasteiger partial charge in [0.05, 0.1) is 22.0 Å². The summed E-state index contributed by atoms with van der Waals surface area (Å²) in [5, 5.41) is 3.82. The first-order chi connectivity index (χ1) is 26.3. The Morgan fingerprint density at radius 3 is 1.58 bits per heavy atom. The van der Waals surface area contributed by atoms with Crippen molar-refractivity contribution in [2.45, 2.75) is 5.41 Å². The predicted octanol–water partition coefficient (Wildman–Crippen LogP) is 12.7. The van der Waals surface area contributed by atoms with Gasteiger partial charge in [0.25, 0.3) is 0 Å². The molecule has 2 aromatic heterocycles. The fraction of sp³-hybridized carbons (Fsp3) is 0.0196. The van der Waals surface area contributed by atoms with Crippen molar-refractivity contribution in [3.63, 3.8) is 0 Å². The number of para-hydroxylation sites is 2. The molecule has 1 spiro atoms. The minimum atomic E-state index is -0.344. The van der Waals surface area contributed by atoms with Crippen LogP contribution in [0.5, 0.6) is 0 Å². The lowest BCUT2D eigenvalue weighted by Crippen LogP contribution is -2.25. The fourth-order valence-corrected chi connectivity index (χ4v) is 9.85. The highest BCUT2D eigenvalue weighted by atomic mass is 15.0. The third-order valence-electron chi connectivity index (χ3n) is 12.0. The maximum atomic E-state index is 2.47. The highest BCUT2D eigenvalue weighted by Crippen LogP contribution is 2.63. The van der Waals surface area contributed by atoms with Crippen molar-refractivity contribution in [3.8, 4) is 44.8 Å². The fourth-order valence-electron chi connectivity index (χ4n) is 9.85. The molecule has 0 aliphatic heterocycles. The molecule has 2 nitrogen and oxygen atoms in total. The SMILES string of the molecule is c1ccc(-n2ccc3c4c5ccccc5n(-c5ccc(-c6ccc7c(c6)C6(c8ccccc8-c8ccccc86)c6ccccc6-7)cc5)c4ccc32)cc1. The Hall–Kier alpha value is -6.90. The molecule has 2 heterocycles. The maximum Gasteiger partial charge on any atom is 0.0725 e. The van der Waals surface area contributed by atoms with Gasteiger partial charge < -0.3 is 9.13 Å². The molecule has 12 rings (SSSR count). The van der Waals surface area contributed by atoms with E-state index in [1.807, 2.05) is 0 Å². The van der Waals surface area contributed by atoms with Crippen LogP contribution in [0.15, 0.2) is 194 Å². The summed E-state index contributed by atoms with van der Waals surface area (Å²) in [5.74, 6) is 0. The van der Waals surface area contributed by atoms with Crippen LogP contribution in [0.25, 0.3) is 77.5 Å². The second-order valence-corrected chi connectivity index (χ2v) is 14.5. The van der Waals surface area contributed by atoms with E-state index in [1.54, 1.807) is 0 Å². The Bertz CT molecular complexity index is 3040. The number of nitrogens with zero attached hydrogens (tertiary/aromatic N) is 2. The lowest BCUT2D eigenvalue weighted by atomic mass is 9.70. The normalized spacial score (nSPS) is 13.4. The van der Waals surface area contributed by atoms with Crippen molar-refractivity contribution in [1.29, 1.82) is 0 Å². The standard InChI is InChI=1S/C51H32N2/c1-2-12-35(13-3-1)52-31-30-42-47(52)28-29-49-50(42)41-17-7-11-21-48(41)53(49)36-25-22-33(23-26-36)34-24-27-40-39-16-6-10-20-45(39)51(46(40)32-34)43-18-8-4-14-37(43)38-15-5-9-19-44(38)51/h1-32H. The molecule has 8 aromatic carbocycles. The van der Waals surface area contributed by atoms with Crippen molar-refractivity contribution in [2.24, 2.45) is 0 Å². The van der Waals surface area contributed by atoms with E-state index in [-0.39, 0.29) is 5.41 Å². The molecular weight excluding hydrogens is 641 g/mol. The third-order valence-corrected chi connectivity index (χ3v) is 12.0. The van der Waals surface area contributed by atoms with Crippen LogP contribution in [0.4, 0.5) is 0 Å². The number of benzene rings is 8. The summed E-state index contributed by atoms with van der Waals surface area (Å²) in [4.78, 5) is 0. The molecule has 2 aliphatic rings.